The van der Waals surface area contributed by atoms with Crippen molar-refractivity contribution in [2.24, 2.45) is 0 Å². The van der Waals surface area contributed by atoms with Crippen LogP contribution in [-0.4, -0.2) is 16.3 Å². The Morgan fingerprint density at radius 1 is 1.08 bits per heavy atom. The Morgan fingerprint density at radius 3 is 2.23 bits per heavy atom. The molecule has 0 heterocycles. The van der Waals surface area contributed by atoms with Gasteiger partial charge in [-0.15, -0.1) is 0 Å². The molecule has 1 aromatic carbocycles. The van der Waals surface area contributed by atoms with Crippen molar-refractivity contribution in [3.05, 3.63) is 48.0 Å². The summed E-state index contributed by atoms with van der Waals surface area (Å²) < 4.78 is 0. The summed E-state index contributed by atoms with van der Waals surface area (Å²) in [6.07, 6.45) is 2.01. The van der Waals surface area contributed by atoms with Crippen LogP contribution in [0.2, 0.25) is 0 Å². The topological polar surface area (TPSA) is 40.5 Å². The van der Waals surface area contributed by atoms with Crippen molar-refractivity contribution < 1.29 is 10.2 Å². The summed E-state index contributed by atoms with van der Waals surface area (Å²) in [5, 5.41) is 18.5. The first-order valence-corrected chi connectivity index (χ1v) is 4.29. The van der Waals surface area contributed by atoms with Crippen molar-refractivity contribution in [1.29, 1.82) is 0 Å². The van der Waals surface area contributed by atoms with Gasteiger partial charge in [-0.05, 0) is 12.5 Å². The zero-order valence-corrected chi connectivity index (χ0v) is 7.59. The van der Waals surface area contributed by atoms with Gasteiger partial charge >= 0.3 is 0 Å². The van der Waals surface area contributed by atoms with E-state index in [4.69, 9.17) is 5.11 Å². The van der Waals surface area contributed by atoms with Crippen LogP contribution in [0.5, 0.6) is 0 Å². The molecule has 2 atom stereocenters. The second kappa shape index (κ2) is 4.80. The first-order chi connectivity index (χ1) is 6.20. The number of benzene rings is 1. The van der Waals surface area contributed by atoms with Crippen LogP contribution in [0.1, 0.15) is 18.6 Å². The molecular formula is C11H14O2. The van der Waals surface area contributed by atoms with Crippen LogP contribution < -0.4 is 0 Å². The molecule has 0 fully saturated rings. The molecule has 0 aromatic heterocycles. The predicted molar refractivity (Wildman–Crippen MR) is 52.2 cm³/mol. The van der Waals surface area contributed by atoms with Crippen molar-refractivity contribution in [1.82, 2.24) is 0 Å². The average molecular weight is 178 g/mol. The van der Waals surface area contributed by atoms with Crippen LogP contribution in [0.25, 0.3) is 0 Å². The maximum atomic E-state index is 9.57. The van der Waals surface area contributed by atoms with Gasteiger partial charge in [0.25, 0.3) is 0 Å². The number of aliphatic hydroxyl groups excluding tert-OH is 2. The summed E-state index contributed by atoms with van der Waals surface area (Å²) in [4.78, 5) is 0. The molecule has 0 saturated carbocycles. The largest absolute Gasteiger partial charge is 0.389 e. The third-order valence-electron chi connectivity index (χ3n) is 1.71. The lowest BCUT2D eigenvalue weighted by Crippen LogP contribution is -1.97. The normalized spacial score (nSPS) is 15.9. The minimum atomic E-state index is -0.629. The van der Waals surface area contributed by atoms with E-state index in [1.54, 1.807) is 19.1 Å². The van der Waals surface area contributed by atoms with Gasteiger partial charge in [-0.25, -0.2) is 0 Å². The van der Waals surface area contributed by atoms with Gasteiger partial charge in [-0.3, -0.25) is 0 Å². The Bertz CT molecular complexity index is 265. The molecular weight excluding hydrogens is 164 g/mol. The van der Waals surface area contributed by atoms with E-state index in [-0.39, 0.29) is 0 Å². The zero-order chi connectivity index (χ0) is 9.68. The van der Waals surface area contributed by atoms with Crippen LogP contribution in [0.3, 0.4) is 0 Å². The highest BCUT2D eigenvalue weighted by Gasteiger charge is 2.01. The van der Waals surface area contributed by atoms with Gasteiger partial charge < -0.3 is 10.2 Å². The van der Waals surface area contributed by atoms with Gasteiger partial charge in [-0.1, -0.05) is 42.5 Å². The van der Waals surface area contributed by atoms with Crippen molar-refractivity contribution in [3.8, 4) is 0 Å². The smallest absolute Gasteiger partial charge is 0.0972 e. The average Bonchev–Trinajstić information content (AvgIpc) is 2.15. The maximum Gasteiger partial charge on any atom is 0.0972 e. The number of aliphatic hydroxyl groups is 2. The standard InChI is InChI=1S/C11H14O2/c1-9(12)7-8-11(13)10-5-3-2-4-6-10/h2-9,11-13H,1H3. The monoisotopic (exact) mass is 178 g/mol. The summed E-state index contributed by atoms with van der Waals surface area (Å²) in [7, 11) is 0. The molecule has 2 heteroatoms. The first-order valence-electron chi connectivity index (χ1n) is 4.29. The van der Waals surface area contributed by atoms with Crippen LogP contribution in [-0.2, 0) is 0 Å². The Kier molecular flexibility index (Phi) is 3.68. The van der Waals surface area contributed by atoms with Crippen molar-refractivity contribution in [3.63, 3.8) is 0 Å². The van der Waals surface area contributed by atoms with Gasteiger partial charge in [0, 0.05) is 0 Å². The third kappa shape index (κ3) is 3.40. The zero-order valence-electron chi connectivity index (χ0n) is 7.59. The third-order valence-corrected chi connectivity index (χ3v) is 1.71. The lowest BCUT2D eigenvalue weighted by atomic mass is 10.1. The summed E-state index contributed by atoms with van der Waals surface area (Å²) in [6.45, 7) is 1.65. The van der Waals surface area contributed by atoms with Crippen molar-refractivity contribution in [2.75, 3.05) is 0 Å². The predicted octanol–water partition coefficient (Wildman–Crippen LogP) is 1.66. The molecule has 2 unspecified atom stereocenters. The van der Waals surface area contributed by atoms with Crippen LogP contribution in [0.15, 0.2) is 42.5 Å². The molecule has 2 nitrogen and oxygen atoms in total. The molecule has 2 N–H and O–H groups in total. The minimum absolute atomic E-state index is 0.515. The molecule has 0 saturated heterocycles. The fraction of sp³-hybridized carbons (Fsp3) is 0.273. The molecule has 1 aromatic rings. The van der Waals surface area contributed by atoms with Crippen molar-refractivity contribution >= 4 is 0 Å². The van der Waals surface area contributed by atoms with Crippen molar-refractivity contribution in [2.45, 2.75) is 19.1 Å². The van der Waals surface area contributed by atoms with E-state index in [1.165, 1.54) is 0 Å². The highest BCUT2D eigenvalue weighted by molar-refractivity contribution is 5.20. The summed E-state index contributed by atoms with van der Waals surface area (Å²) in [5.74, 6) is 0. The van der Waals surface area contributed by atoms with E-state index < -0.39 is 12.2 Å². The highest BCUT2D eigenvalue weighted by Crippen LogP contribution is 2.13. The van der Waals surface area contributed by atoms with Gasteiger partial charge in [0.05, 0.1) is 12.2 Å². The second-order valence-corrected chi connectivity index (χ2v) is 2.98. The maximum absolute atomic E-state index is 9.57. The molecule has 0 amide bonds. The van der Waals surface area contributed by atoms with Gasteiger partial charge in [0.15, 0.2) is 0 Å². The number of hydrogen-bond donors (Lipinski definition) is 2. The molecule has 13 heavy (non-hydrogen) atoms. The molecule has 70 valence electrons. The molecule has 0 bridgehead atoms. The van der Waals surface area contributed by atoms with Gasteiger partial charge in [0.1, 0.15) is 0 Å². The summed E-state index contributed by atoms with van der Waals surface area (Å²) in [5.41, 5.74) is 0.833. The van der Waals surface area contributed by atoms with E-state index in [9.17, 15) is 5.11 Å². The molecule has 0 radical (unpaired) electrons. The van der Waals surface area contributed by atoms with E-state index >= 15 is 0 Å². The summed E-state index contributed by atoms with van der Waals surface area (Å²) in [6, 6.07) is 9.33. The molecule has 0 aliphatic heterocycles. The van der Waals surface area contributed by atoms with Gasteiger partial charge in [-0.2, -0.15) is 0 Å². The second-order valence-electron chi connectivity index (χ2n) is 2.98. The highest BCUT2D eigenvalue weighted by atomic mass is 16.3. The quantitative estimate of drug-likeness (QED) is 0.691. The van der Waals surface area contributed by atoms with E-state index in [0.29, 0.717) is 0 Å². The number of hydrogen-bond acceptors (Lipinski definition) is 2. The minimum Gasteiger partial charge on any atom is -0.389 e. The van der Waals surface area contributed by atoms with E-state index in [0.717, 1.165) is 5.56 Å². The lowest BCUT2D eigenvalue weighted by molar-refractivity contribution is 0.218. The molecule has 0 aliphatic carbocycles. The van der Waals surface area contributed by atoms with Crippen LogP contribution >= 0.6 is 0 Å². The molecule has 1 rings (SSSR count). The Morgan fingerprint density at radius 2 is 1.69 bits per heavy atom. The fourth-order valence-corrected chi connectivity index (χ4v) is 1.03. The number of rotatable bonds is 3. The summed E-state index contributed by atoms with van der Waals surface area (Å²) >= 11 is 0. The Hall–Kier alpha value is -1.12. The van der Waals surface area contributed by atoms with Gasteiger partial charge in [0.2, 0.25) is 0 Å². The molecule has 0 spiro atoms. The SMILES string of the molecule is CC(O)C=CC(O)c1ccccc1. The Balaban J connectivity index is 2.64. The fourth-order valence-electron chi connectivity index (χ4n) is 1.03. The van der Waals surface area contributed by atoms with E-state index in [1.807, 2.05) is 30.3 Å². The van der Waals surface area contributed by atoms with E-state index in [2.05, 4.69) is 0 Å². The van der Waals surface area contributed by atoms with Crippen LogP contribution in [0.4, 0.5) is 0 Å². The molecule has 0 aliphatic rings. The first kappa shape index (κ1) is 9.96. The Labute approximate surface area is 78.2 Å². The van der Waals surface area contributed by atoms with Crippen LogP contribution in [0, 0.1) is 0 Å². The lowest BCUT2D eigenvalue weighted by Gasteiger charge is -2.05.